The topological polar surface area (TPSA) is 52.9 Å². The third-order valence-corrected chi connectivity index (χ3v) is 2.88. The van der Waals surface area contributed by atoms with Crippen LogP contribution >= 0.6 is 11.6 Å². The van der Waals surface area contributed by atoms with Crippen LogP contribution in [0, 0.1) is 17.2 Å². The summed E-state index contributed by atoms with van der Waals surface area (Å²) >= 11 is 6.03. The van der Waals surface area contributed by atoms with Crippen LogP contribution in [0.2, 0.25) is 5.02 Å². The van der Waals surface area contributed by atoms with E-state index in [1.54, 1.807) is 18.2 Å². The number of carbonyl (C=O) groups excluding carboxylic acids is 1. The lowest BCUT2D eigenvalue weighted by molar-refractivity contribution is -0.121. The first-order chi connectivity index (χ1) is 8.54. The van der Waals surface area contributed by atoms with Crippen LogP contribution in [-0.2, 0) is 4.79 Å². The van der Waals surface area contributed by atoms with Gasteiger partial charge in [-0.15, -0.1) is 0 Å². The van der Waals surface area contributed by atoms with Crippen molar-refractivity contribution in [2.45, 2.75) is 26.2 Å². The minimum absolute atomic E-state index is 0.116. The standard InChI is InChI=1S/C14H17ClN2O/c1-10(2)9-17-14(18)7-11(8-16)12-5-3-4-6-13(12)15/h3-6,10-11H,7,9H2,1-2H3,(H,17,18). The van der Waals surface area contributed by atoms with Crippen molar-refractivity contribution in [3.8, 4) is 6.07 Å². The number of nitrogens with one attached hydrogen (secondary N) is 1. The number of hydrogen-bond acceptors (Lipinski definition) is 2. The van der Waals surface area contributed by atoms with Crippen LogP contribution < -0.4 is 5.32 Å². The molecular weight excluding hydrogens is 248 g/mol. The molecule has 0 aliphatic heterocycles. The Morgan fingerprint density at radius 1 is 1.44 bits per heavy atom. The number of nitrogens with zero attached hydrogens (tertiary/aromatic N) is 1. The molecule has 1 aromatic carbocycles. The lowest BCUT2D eigenvalue weighted by Gasteiger charge is -2.12. The van der Waals surface area contributed by atoms with E-state index in [4.69, 9.17) is 16.9 Å². The predicted octanol–water partition coefficient (Wildman–Crippen LogP) is 3.11. The molecule has 1 N–H and O–H groups in total. The molecule has 0 radical (unpaired) electrons. The van der Waals surface area contributed by atoms with Gasteiger partial charge in [0.2, 0.25) is 5.91 Å². The number of hydrogen-bond donors (Lipinski definition) is 1. The maximum Gasteiger partial charge on any atom is 0.221 e. The molecule has 1 aromatic rings. The molecule has 0 saturated heterocycles. The largest absolute Gasteiger partial charge is 0.356 e. The van der Waals surface area contributed by atoms with Gasteiger partial charge >= 0.3 is 0 Å². The fourth-order valence-corrected chi connectivity index (χ4v) is 1.83. The Labute approximate surface area is 113 Å². The number of halogens is 1. The smallest absolute Gasteiger partial charge is 0.221 e. The Bertz CT molecular complexity index is 451. The van der Waals surface area contributed by atoms with Crippen molar-refractivity contribution < 1.29 is 4.79 Å². The van der Waals surface area contributed by atoms with E-state index in [2.05, 4.69) is 11.4 Å². The normalized spacial score (nSPS) is 11.9. The first kappa shape index (κ1) is 14.5. The number of benzene rings is 1. The van der Waals surface area contributed by atoms with Crippen LogP contribution in [0.3, 0.4) is 0 Å². The lowest BCUT2D eigenvalue weighted by Crippen LogP contribution is -2.28. The quantitative estimate of drug-likeness (QED) is 0.888. The van der Waals surface area contributed by atoms with Crippen LogP contribution in [0.4, 0.5) is 0 Å². The Kier molecular flexibility index (Phi) is 5.67. The van der Waals surface area contributed by atoms with Gasteiger partial charge in [0.05, 0.1) is 12.0 Å². The maximum absolute atomic E-state index is 11.7. The summed E-state index contributed by atoms with van der Waals surface area (Å²) in [6.07, 6.45) is 0.146. The fraction of sp³-hybridized carbons (Fsp3) is 0.429. The van der Waals surface area contributed by atoms with Gasteiger partial charge in [-0.25, -0.2) is 0 Å². The molecule has 4 heteroatoms. The SMILES string of the molecule is CC(C)CNC(=O)CC(C#N)c1ccccc1Cl. The third kappa shape index (κ3) is 4.38. The Balaban J connectivity index is 2.66. The Morgan fingerprint density at radius 2 is 2.11 bits per heavy atom. The van der Waals surface area contributed by atoms with Crippen LogP contribution in [0.1, 0.15) is 31.7 Å². The van der Waals surface area contributed by atoms with E-state index in [0.717, 1.165) is 0 Å². The van der Waals surface area contributed by atoms with E-state index in [-0.39, 0.29) is 12.3 Å². The minimum atomic E-state index is -0.495. The molecule has 0 aliphatic rings. The number of rotatable bonds is 5. The van der Waals surface area contributed by atoms with E-state index in [1.165, 1.54) is 0 Å². The van der Waals surface area contributed by atoms with E-state index in [0.29, 0.717) is 23.0 Å². The molecule has 3 nitrogen and oxygen atoms in total. The third-order valence-electron chi connectivity index (χ3n) is 2.53. The fourth-order valence-electron chi connectivity index (χ4n) is 1.56. The summed E-state index contributed by atoms with van der Waals surface area (Å²) in [4.78, 5) is 11.7. The van der Waals surface area contributed by atoms with Gasteiger partial charge < -0.3 is 5.32 Å². The van der Waals surface area contributed by atoms with Gasteiger partial charge in [-0.1, -0.05) is 43.6 Å². The second-order valence-electron chi connectivity index (χ2n) is 4.61. The maximum atomic E-state index is 11.7. The Hall–Kier alpha value is -1.53. The monoisotopic (exact) mass is 264 g/mol. The van der Waals surface area contributed by atoms with Crippen molar-refractivity contribution in [3.05, 3.63) is 34.9 Å². The average molecular weight is 265 g/mol. The zero-order valence-electron chi connectivity index (χ0n) is 10.6. The summed E-state index contributed by atoms with van der Waals surface area (Å²) < 4.78 is 0. The van der Waals surface area contributed by atoms with Crippen molar-refractivity contribution in [1.29, 1.82) is 5.26 Å². The number of carbonyl (C=O) groups is 1. The summed E-state index contributed by atoms with van der Waals surface area (Å²) in [6, 6.07) is 9.27. The van der Waals surface area contributed by atoms with Gasteiger partial charge in [-0.05, 0) is 17.5 Å². The van der Waals surface area contributed by atoms with Crippen LogP contribution in [0.5, 0.6) is 0 Å². The van der Waals surface area contributed by atoms with Crippen LogP contribution in [0.25, 0.3) is 0 Å². The van der Waals surface area contributed by atoms with E-state index in [9.17, 15) is 4.79 Å². The first-order valence-corrected chi connectivity index (χ1v) is 6.33. The van der Waals surface area contributed by atoms with Gasteiger partial charge in [0.25, 0.3) is 0 Å². The lowest BCUT2D eigenvalue weighted by atomic mass is 9.97. The highest BCUT2D eigenvalue weighted by Crippen LogP contribution is 2.26. The number of amides is 1. The Morgan fingerprint density at radius 3 is 2.67 bits per heavy atom. The van der Waals surface area contributed by atoms with E-state index >= 15 is 0 Å². The molecule has 0 saturated carbocycles. The molecular formula is C14H17ClN2O. The van der Waals surface area contributed by atoms with Crippen molar-refractivity contribution in [1.82, 2.24) is 5.32 Å². The molecule has 0 heterocycles. The molecule has 0 aliphatic carbocycles. The summed E-state index contributed by atoms with van der Waals surface area (Å²) in [5.74, 6) is -0.212. The summed E-state index contributed by atoms with van der Waals surface area (Å²) in [5, 5.41) is 12.5. The van der Waals surface area contributed by atoms with Crippen LogP contribution in [0.15, 0.2) is 24.3 Å². The van der Waals surface area contributed by atoms with Crippen molar-refractivity contribution in [2.24, 2.45) is 5.92 Å². The molecule has 1 atom stereocenters. The van der Waals surface area contributed by atoms with Gasteiger partial charge in [0, 0.05) is 18.0 Å². The highest BCUT2D eigenvalue weighted by atomic mass is 35.5. The second-order valence-corrected chi connectivity index (χ2v) is 5.01. The molecule has 0 bridgehead atoms. The van der Waals surface area contributed by atoms with Crippen molar-refractivity contribution in [3.63, 3.8) is 0 Å². The second kappa shape index (κ2) is 7.03. The number of nitriles is 1. The zero-order valence-corrected chi connectivity index (χ0v) is 11.4. The summed E-state index contributed by atoms with van der Waals surface area (Å²) in [6.45, 7) is 4.67. The highest BCUT2D eigenvalue weighted by molar-refractivity contribution is 6.31. The zero-order chi connectivity index (χ0) is 13.5. The molecule has 1 unspecified atom stereocenters. The average Bonchev–Trinajstić information content (AvgIpc) is 2.34. The van der Waals surface area contributed by atoms with Gasteiger partial charge in [0.1, 0.15) is 0 Å². The first-order valence-electron chi connectivity index (χ1n) is 5.95. The molecule has 1 rings (SSSR count). The van der Waals surface area contributed by atoms with Gasteiger partial charge in [0.15, 0.2) is 0 Å². The van der Waals surface area contributed by atoms with Crippen molar-refractivity contribution >= 4 is 17.5 Å². The molecule has 18 heavy (non-hydrogen) atoms. The molecule has 0 aromatic heterocycles. The minimum Gasteiger partial charge on any atom is -0.356 e. The molecule has 0 spiro atoms. The predicted molar refractivity (Wildman–Crippen MR) is 72.3 cm³/mol. The van der Waals surface area contributed by atoms with E-state index in [1.807, 2.05) is 19.9 Å². The molecule has 1 amide bonds. The molecule has 0 fully saturated rings. The highest BCUT2D eigenvalue weighted by Gasteiger charge is 2.17. The van der Waals surface area contributed by atoms with Gasteiger partial charge in [-0.3, -0.25) is 4.79 Å². The van der Waals surface area contributed by atoms with E-state index < -0.39 is 5.92 Å². The summed E-state index contributed by atoms with van der Waals surface area (Å²) in [7, 11) is 0. The van der Waals surface area contributed by atoms with Crippen molar-refractivity contribution in [2.75, 3.05) is 6.54 Å². The van der Waals surface area contributed by atoms with Crippen LogP contribution in [-0.4, -0.2) is 12.5 Å². The van der Waals surface area contributed by atoms with Gasteiger partial charge in [-0.2, -0.15) is 5.26 Å². The summed E-state index contributed by atoms with van der Waals surface area (Å²) in [5.41, 5.74) is 0.710. The molecule has 96 valence electrons.